The van der Waals surface area contributed by atoms with Crippen LogP contribution in [0.5, 0.6) is 0 Å². The number of nitrogens with one attached hydrogen (secondary N) is 2. The summed E-state index contributed by atoms with van der Waals surface area (Å²) in [6, 6.07) is 14.9. The first kappa shape index (κ1) is 19.6. The molecule has 0 unspecified atom stereocenters. The van der Waals surface area contributed by atoms with E-state index in [4.69, 9.17) is 0 Å². The molecule has 1 aromatic heterocycles. The van der Waals surface area contributed by atoms with Gasteiger partial charge in [-0.05, 0) is 67.3 Å². The van der Waals surface area contributed by atoms with E-state index in [1.807, 2.05) is 18.2 Å². The maximum Gasteiger partial charge on any atom is 0.220 e. The van der Waals surface area contributed by atoms with Gasteiger partial charge in [-0.2, -0.15) is 0 Å². The molecule has 2 aromatic carbocycles. The number of para-hydroxylation sites is 1. The van der Waals surface area contributed by atoms with Crippen LogP contribution in [0.4, 0.5) is 4.39 Å². The summed E-state index contributed by atoms with van der Waals surface area (Å²) in [5, 5.41) is 4.34. The van der Waals surface area contributed by atoms with Crippen LogP contribution in [0.1, 0.15) is 31.7 Å². The minimum atomic E-state index is -0.250. The van der Waals surface area contributed by atoms with Crippen molar-refractivity contribution in [3.63, 3.8) is 0 Å². The van der Waals surface area contributed by atoms with Crippen molar-refractivity contribution in [3.8, 4) is 11.3 Å². The molecule has 1 amide bonds. The van der Waals surface area contributed by atoms with Gasteiger partial charge in [-0.1, -0.05) is 25.1 Å². The molecular weight excluding hydrogens is 365 g/mol. The van der Waals surface area contributed by atoms with Crippen LogP contribution in [0.2, 0.25) is 0 Å². The van der Waals surface area contributed by atoms with Gasteiger partial charge in [0.05, 0.1) is 0 Å². The summed E-state index contributed by atoms with van der Waals surface area (Å²) in [5.41, 5.74) is 4.05. The molecule has 5 heteroatoms. The average Bonchev–Trinajstić information content (AvgIpc) is 3.12. The zero-order chi connectivity index (χ0) is 20.2. The number of likely N-dealkylation sites (tertiary alicyclic amines) is 1. The van der Waals surface area contributed by atoms with Crippen LogP contribution >= 0.6 is 0 Å². The Morgan fingerprint density at radius 2 is 1.86 bits per heavy atom. The lowest BCUT2D eigenvalue weighted by Gasteiger charge is -2.31. The smallest absolute Gasteiger partial charge is 0.220 e. The van der Waals surface area contributed by atoms with E-state index in [-0.39, 0.29) is 17.8 Å². The number of fused-ring (bicyclic) bond motifs is 1. The molecule has 1 aliphatic rings. The van der Waals surface area contributed by atoms with Crippen LogP contribution in [0.3, 0.4) is 0 Å². The summed E-state index contributed by atoms with van der Waals surface area (Å²) in [6.45, 7) is 5.36. The molecule has 2 heterocycles. The molecule has 0 radical (unpaired) electrons. The minimum Gasteiger partial charge on any atom is -0.354 e. The van der Waals surface area contributed by atoms with Gasteiger partial charge in [0.2, 0.25) is 5.91 Å². The van der Waals surface area contributed by atoms with Crippen molar-refractivity contribution >= 4 is 16.8 Å². The Morgan fingerprint density at radius 1 is 1.14 bits per heavy atom. The van der Waals surface area contributed by atoms with E-state index in [0.717, 1.165) is 60.2 Å². The SMILES string of the molecule is CCN1CCC(NC(=O)CCc2c(-c3ccc(F)cc3)[nH]c3ccccc23)CC1. The summed E-state index contributed by atoms with van der Waals surface area (Å²) in [7, 11) is 0. The third-order valence-corrected chi connectivity index (χ3v) is 5.95. The largest absolute Gasteiger partial charge is 0.354 e. The number of aromatic amines is 1. The molecule has 152 valence electrons. The number of halogens is 1. The minimum absolute atomic E-state index is 0.107. The Bertz CT molecular complexity index is 971. The molecule has 29 heavy (non-hydrogen) atoms. The summed E-state index contributed by atoms with van der Waals surface area (Å²) in [5.74, 6) is -0.143. The molecule has 1 fully saturated rings. The van der Waals surface area contributed by atoms with Crippen molar-refractivity contribution in [2.75, 3.05) is 19.6 Å². The molecule has 0 atom stereocenters. The van der Waals surface area contributed by atoms with E-state index in [9.17, 15) is 9.18 Å². The highest BCUT2D eigenvalue weighted by molar-refractivity contribution is 5.91. The predicted molar refractivity (Wildman–Crippen MR) is 115 cm³/mol. The number of hydrogen-bond acceptors (Lipinski definition) is 2. The van der Waals surface area contributed by atoms with Gasteiger partial charge >= 0.3 is 0 Å². The molecule has 0 saturated carbocycles. The zero-order valence-electron chi connectivity index (χ0n) is 16.9. The quantitative estimate of drug-likeness (QED) is 0.647. The van der Waals surface area contributed by atoms with E-state index in [1.54, 1.807) is 12.1 Å². The number of carbonyl (C=O) groups is 1. The summed E-state index contributed by atoms with van der Waals surface area (Å²) in [6.07, 6.45) is 3.14. The van der Waals surface area contributed by atoms with Gasteiger partial charge in [-0.15, -0.1) is 0 Å². The van der Waals surface area contributed by atoms with Gasteiger partial charge in [0.25, 0.3) is 0 Å². The van der Waals surface area contributed by atoms with Crippen molar-refractivity contribution in [2.24, 2.45) is 0 Å². The van der Waals surface area contributed by atoms with Crippen molar-refractivity contribution in [3.05, 3.63) is 59.9 Å². The van der Waals surface area contributed by atoms with Crippen LogP contribution < -0.4 is 5.32 Å². The lowest BCUT2D eigenvalue weighted by molar-refractivity contribution is -0.122. The first-order valence-electron chi connectivity index (χ1n) is 10.5. The number of piperidine rings is 1. The fraction of sp³-hybridized carbons (Fsp3) is 0.375. The van der Waals surface area contributed by atoms with Gasteiger partial charge in [0, 0.05) is 42.1 Å². The topological polar surface area (TPSA) is 48.1 Å². The molecule has 0 aliphatic carbocycles. The number of H-pyrrole nitrogens is 1. The van der Waals surface area contributed by atoms with E-state index in [0.29, 0.717) is 12.8 Å². The van der Waals surface area contributed by atoms with Crippen LogP contribution in [0, 0.1) is 5.82 Å². The number of rotatable bonds is 6. The Kier molecular flexibility index (Phi) is 5.95. The third kappa shape index (κ3) is 4.51. The van der Waals surface area contributed by atoms with Gasteiger partial charge in [0.15, 0.2) is 0 Å². The van der Waals surface area contributed by atoms with E-state index >= 15 is 0 Å². The molecule has 4 rings (SSSR count). The molecular formula is C24H28FN3O. The second-order valence-corrected chi connectivity index (χ2v) is 7.81. The van der Waals surface area contributed by atoms with E-state index < -0.39 is 0 Å². The number of amides is 1. The fourth-order valence-electron chi connectivity index (χ4n) is 4.25. The van der Waals surface area contributed by atoms with Crippen molar-refractivity contribution in [2.45, 2.75) is 38.6 Å². The van der Waals surface area contributed by atoms with Crippen LogP contribution in [-0.4, -0.2) is 41.5 Å². The Hall–Kier alpha value is -2.66. The summed E-state index contributed by atoms with van der Waals surface area (Å²) in [4.78, 5) is 18.5. The van der Waals surface area contributed by atoms with Crippen LogP contribution in [0.25, 0.3) is 22.2 Å². The highest BCUT2D eigenvalue weighted by atomic mass is 19.1. The van der Waals surface area contributed by atoms with Crippen molar-refractivity contribution in [1.29, 1.82) is 0 Å². The maximum absolute atomic E-state index is 13.4. The third-order valence-electron chi connectivity index (χ3n) is 5.95. The molecule has 4 nitrogen and oxygen atoms in total. The molecule has 0 bridgehead atoms. The summed E-state index contributed by atoms with van der Waals surface area (Å²) < 4.78 is 13.4. The second-order valence-electron chi connectivity index (χ2n) is 7.81. The molecule has 2 N–H and O–H groups in total. The zero-order valence-corrected chi connectivity index (χ0v) is 16.9. The second kappa shape index (κ2) is 8.78. The number of aryl methyl sites for hydroxylation is 1. The van der Waals surface area contributed by atoms with Crippen molar-refractivity contribution in [1.82, 2.24) is 15.2 Å². The number of carbonyl (C=O) groups excluding carboxylic acids is 1. The Morgan fingerprint density at radius 3 is 2.59 bits per heavy atom. The molecule has 1 saturated heterocycles. The highest BCUT2D eigenvalue weighted by Crippen LogP contribution is 2.31. The van der Waals surface area contributed by atoms with Gasteiger partial charge in [-0.3, -0.25) is 4.79 Å². The highest BCUT2D eigenvalue weighted by Gasteiger charge is 2.20. The predicted octanol–water partition coefficient (Wildman–Crippen LogP) is 4.51. The van der Waals surface area contributed by atoms with Gasteiger partial charge in [0.1, 0.15) is 5.82 Å². The van der Waals surface area contributed by atoms with Crippen LogP contribution in [-0.2, 0) is 11.2 Å². The first-order valence-corrected chi connectivity index (χ1v) is 10.5. The van der Waals surface area contributed by atoms with Gasteiger partial charge < -0.3 is 15.2 Å². The standard InChI is InChI=1S/C24H28FN3O/c1-2-28-15-13-19(14-16-28)26-23(29)12-11-21-20-5-3-4-6-22(20)27-24(21)17-7-9-18(25)10-8-17/h3-10,19,27H,2,11-16H2,1H3,(H,26,29). The van der Waals surface area contributed by atoms with E-state index in [2.05, 4.69) is 28.2 Å². The number of hydrogen-bond donors (Lipinski definition) is 2. The lowest BCUT2D eigenvalue weighted by atomic mass is 10.0. The number of benzene rings is 2. The van der Waals surface area contributed by atoms with Crippen molar-refractivity contribution < 1.29 is 9.18 Å². The number of aromatic nitrogens is 1. The number of nitrogens with zero attached hydrogens (tertiary/aromatic N) is 1. The molecule has 0 spiro atoms. The average molecular weight is 394 g/mol. The first-order chi connectivity index (χ1) is 14.1. The summed E-state index contributed by atoms with van der Waals surface area (Å²) >= 11 is 0. The van der Waals surface area contributed by atoms with E-state index in [1.165, 1.54) is 12.1 Å². The van der Waals surface area contributed by atoms with Crippen LogP contribution in [0.15, 0.2) is 48.5 Å². The Balaban J connectivity index is 1.48. The monoisotopic (exact) mass is 393 g/mol. The fourth-order valence-corrected chi connectivity index (χ4v) is 4.25. The molecule has 1 aliphatic heterocycles. The normalized spacial score (nSPS) is 15.7. The van der Waals surface area contributed by atoms with Gasteiger partial charge in [-0.25, -0.2) is 4.39 Å². The Labute approximate surface area is 171 Å². The lowest BCUT2D eigenvalue weighted by Crippen LogP contribution is -2.44. The maximum atomic E-state index is 13.4. The molecule has 3 aromatic rings.